The van der Waals surface area contributed by atoms with Crippen LogP contribution < -0.4 is 25.3 Å². The number of nitrogens with zero attached hydrogens (tertiary/aromatic N) is 6. The monoisotopic (exact) mass is 690 g/mol. The largest absolute Gasteiger partial charge is 0.494 e. The van der Waals surface area contributed by atoms with Crippen LogP contribution >= 0.6 is 11.6 Å². The minimum absolute atomic E-state index is 0.273. The van der Waals surface area contributed by atoms with Crippen LogP contribution in [-0.4, -0.2) is 90.2 Å². The lowest BCUT2D eigenvalue weighted by Crippen LogP contribution is -2.57. The Hall–Kier alpha value is -3.97. The third-order valence-corrected chi connectivity index (χ3v) is 10.3. The number of anilines is 5. The van der Waals surface area contributed by atoms with Gasteiger partial charge in [-0.25, -0.2) is 19.4 Å². The van der Waals surface area contributed by atoms with E-state index < -0.39 is 5.82 Å². The van der Waals surface area contributed by atoms with Gasteiger partial charge in [-0.05, 0) is 68.5 Å². The van der Waals surface area contributed by atoms with Gasteiger partial charge in [0.25, 0.3) is 0 Å². The molecule has 2 aromatic carbocycles. The summed E-state index contributed by atoms with van der Waals surface area (Å²) < 4.78 is 20.0. The normalized spacial score (nSPS) is 22.3. The average Bonchev–Trinajstić information content (AvgIpc) is 3.82. The first-order chi connectivity index (χ1) is 23.8. The smallest absolute Gasteiger partial charge is 0.247 e. The third-order valence-electron chi connectivity index (χ3n) is 10.1. The number of piperidine rings is 1. The number of nitrogens with one attached hydrogen (secondary N) is 2. The van der Waals surface area contributed by atoms with E-state index in [0.717, 1.165) is 57.3 Å². The molecule has 3 aliphatic heterocycles. The van der Waals surface area contributed by atoms with Crippen molar-refractivity contribution in [3.8, 4) is 5.75 Å². The van der Waals surface area contributed by atoms with Crippen LogP contribution in [0, 0.1) is 5.82 Å². The lowest BCUT2D eigenvalue weighted by molar-refractivity contribution is -0.111. The molecule has 4 fully saturated rings. The summed E-state index contributed by atoms with van der Waals surface area (Å²) in [5, 5.41) is 8.34. The number of ether oxygens (including phenoxy) is 1. The number of rotatable bonds is 10. The third kappa shape index (κ3) is 7.47. The van der Waals surface area contributed by atoms with Gasteiger partial charge < -0.3 is 20.3 Å². The maximum Gasteiger partial charge on any atom is 0.247 e. The lowest BCUT2D eigenvalue weighted by Gasteiger charge is -2.46. The van der Waals surface area contributed by atoms with Crippen molar-refractivity contribution < 1.29 is 18.8 Å². The van der Waals surface area contributed by atoms with Crippen molar-refractivity contribution in [2.24, 2.45) is 0 Å². The van der Waals surface area contributed by atoms with Crippen LogP contribution in [0.1, 0.15) is 50.6 Å². The first-order valence-corrected chi connectivity index (χ1v) is 17.5. The molecule has 0 bridgehead atoms. The summed E-state index contributed by atoms with van der Waals surface area (Å²) >= 11 is 6.15. The summed E-state index contributed by atoms with van der Waals surface area (Å²) in [6.45, 7) is 11.6. The van der Waals surface area contributed by atoms with Crippen LogP contribution in [0.3, 0.4) is 0 Å². The van der Waals surface area contributed by atoms with Gasteiger partial charge in [-0.1, -0.05) is 18.2 Å². The molecule has 1 aliphatic carbocycles. The van der Waals surface area contributed by atoms with Gasteiger partial charge >= 0.3 is 0 Å². The summed E-state index contributed by atoms with van der Waals surface area (Å²) in [6.07, 6.45) is 8.16. The molecule has 260 valence electrons. The Morgan fingerprint density at radius 3 is 2.55 bits per heavy atom. The van der Waals surface area contributed by atoms with Gasteiger partial charge in [-0.3, -0.25) is 19.4 Å². The fourth-order valence-corrected chi connectivity index (χ4v) is 7.80. The second kappa shape index (κ2) is 14.5. The van der Waals surface area contributed by atoms with Crippen molar-refractivity contribution in [3.05, 3.63) is 71.8 Å². The van der Waals surface area contributed by atoms with E-state index >= 15 is 0 Å². The highest BCUT2D eigenvalue weighted by molar-refractivity contribution is 6.30. The van der Waals surface area contributed by atoms with E-state index in [-0.39, 0.29) is 11.9 Å². The molecule has 1 aromatic heterocycles. The molecule has 1 amide bonds. The number of piperazine rings is 1. The molecule has 0 spiro atoms. The number of carbonyl (C=O) groups excluding carboxylic acids is 1. The Morgan fingerprint density at radius 2 is 1.84 bits per heavy atom. The molecule has 13 heteroatoms. The number of amides is 1. The zero-order valence-corrected chi connectivity index (χ0v) is 28.8. The van der Waals surface area contributed by atoms with Gasteiger partial charge in [0.1, 0.15) is 23.7 Å². The topological polar surface area (TPSA) is 98.3 Å². The molecule has 0 unspecified atom stereocenters. The molecule has 3 saturated heterocycles. The van der Waals surface area contributed by atoms with Gasteiger partial charge in [0.15, 0.2) is 5.82 Å². The van der Waals surface area contributed by atoms with E-state index in [4.69, 9.17) is 21.2 Å². The van der Waals surface area contributed by atoms with Crippen molar-refractivity contribution in [2.75, 3.05) is 67.0 Å². The van der Waals surface area contributed by atoms with E-state index in [9.17, 15) is 9.18 Å². The standard InChI is InChI=1S/C36H44ClFN8O3/c1-4-36(47)42-29-18-30(41-34-20-35(40-22-39-34)46-31(9-14-49-46)24-15-25(37)17-26(38)16-24)33(48-3)19-32(29)43-10-7-27(8-11-43)44-12-13-45(23(2)21-44)28-5-6-28/h4,15-20,22-23,27-28,31H,1,5-14,21H2,2-3H3,(H,42,47)(H,39,40,41)/t23-,31+/m0/s1. The molecule has 49 heavy (non-hydrogen) atoms. The first kappa shape index (κ1) is 33.5. The van der Waals surface area contributed by atoms with Crippen LogP contribution in [0.15, 0.2) is 55.4 Å². The number of benzene rings is 2. The number of halogens is 2. The highest BCUT2D eigenvalue weighted by Gasteiger charge is 2.38. The predicted octanol–water partition coefficient (Wildman–Crippen LogP) is 6.17. The van der Waals surface area contributed by atoms with Gasteiger partial charge in [0.2, 0.25) is 5.91 Å². The molecule has 11 nitrogen and oxygen atoms in total. The number of carbonyl (C=O) groups is 1. The molecule has 1 saturated carbocycles. The Morgan fingerprint density at radius 1 is 1.02 bits per heavy atom. The van der Waals surface area contributed by atoms with Gasteiger partial charge in [0.05, 0.1) is 36.8 Å². The maximum atomic E-state index is 14.2. The average molecular weight is 691 g/mol. The molecule has 0 radical (unpaired) electrons. The number of aromatic nitrogens is 2. The molecule has 3 aromatic rings. The minimum atomic E-state index is -0.407. The van der Waals surface area contributed by atoms with E-state index in [0.29, 0.717) is 64.5 Å². The summed E-state index contributed by atoms with van der Waals surface area (Å²) in [7, 11) is 1.62. The highest BCUT2D eigenvalue weighted by atomic mass is 35.5. The molecular weight excluding hydrogens is 647 g/mol. The van der Waals surface area contributed by atoms with E-state index in [1.807, 2.05) is 12.1 Å². The number of hydrogen-bond donors (Lipinski definition) is 2. The van der Waals surface area contributed by atoms with Crippen LogP contribution in [0.2, 0.25) is 5.02 Å². The van der Waals surface area contributed by atoms with Crippen molar-refractivity contribution >= 4 is 46.2 Å². The molecule has 4 aliphatic rings. The second-order valence-electron chi connectivity index (χ2n) is 13.3. The Bertz CT molecular complexity index is 1660. The van der Waals surface area contributed by atoms with Crippen molar-refractivity contribution in [3.63, 3.8) is 0 Å². The van der Waals surface area contributed by atoms with E-state index in [1.165, 1.54) is 37.4 Å². The second-order valence-corrected chi connectivity index (χ2v) is 13.8. The number of hydrogen-bond acceptors (Lipinski definition) is 10. The maximum absolute atomic E-state index is 14.2. The Kier molecular flexibility index (Phi) is 9.91. The summed E-state index contributed by atoms with van der Waals surface area (Å²) in [6, 6.07) is 11.8. The minimum Gasteiger partial charge on any atom is -0.494 e. The zero-order valence-electron chi connectivity index (χ0n) is 28.1. The molecule has 2 N–H and O–H groups in total. The predicted molar refractivity (Wildman–Crippen MR) is 190 cm³/mol. The van der Waals surface area contributed by atoms with Crippen LogP contribution in [0.4, 0.5) is 33.1 Å². The van der Waals surface area contributed by atoms with Crippen LogP contribution in [0.25, 0.3) is 0 Å². The van der Waals surface area contributed by atoms with Gasteiger partial charge in [-0.15, -0.1) is 0 Å². The quantitative estimate of drug-likeness (QED) is 0.241. The fourth-order valence-electron chi connectivity index (χ4n) is 7.57. The Labute approximate surface area is 292 Å². The fraction of sp³-hybridized carbons (Fsp3) is 0.472. The van der Waals surface area contributed by atoms with E-state index in [2.05, 4.69) is 48.8 Å². The van der Waals surface area contributed by atoms with Crippen molar-refractivity contribution in [2.45, 2.75) is 63.2 Å². The van der Waals surface area contributed by atoms with Crippen LogP contribution in [-0.2, 0) is 9.63 Å². The lowest BCUT2D eigenvalue weighted by atomic mass is 9.99. The first-order valence-electron chi connectivity index (χ1n) is 17.2. The zero-order chi connectivity index (χ0) is 34.1. The Balaban J connectivity index is 1.08. The van der Waals surface area contributed by atoms with Crippen molar-refractivity contribution in [1.82, 2.24) is 19.8 Å². The van der Waals surface area contributed by atoms with E-state index in [1.54, 1.807) is 24.3 Å². The SMILES string of the molecule is C=CC(=O)Nc1cc(Nc2cc(N3OCC[C@@H]3c3cc(F)cc(Cl)c3)ncn2)c(OC)cc1N1CCC(N2CCN(C3CC3)[C@@H](C)C2)CC1. The summed E-state index contributed by atoms with van der Waals surface area (Å²) in [5.74, 6) is 0.885. The molecule has 2 atom stereocenters. The highest BCUT2D eigenvalue weighted by Crippen LogP contribution is 2.41. The summed E-state index contributed by atoms with van der Waals surface area (Å²) in [4.78, 5) is 35.1. The van der Waals surface area contributed by atoms with Gasteiger partial charge in [-0.2, -0.15) is 0 Å². The molecular formula is C36H44ClFN8O3. The number of hydroxylamine groups is 1. The van der Waals surface area contributed by atoms with Crippen LogP contribution in [0.5, 0.6) is 5.75 Å². The number of methoxy groups -OCH3 is 1. The molecule has 4 heterocycles. The van der Waals surface area contributed by atoms with Gasteiger partial charge in [0, 0.05) is 74.4 Å². The summed E-state index contributed by atoms with van der Waals surface area (Å²) in [5.41, 5.74) is 2.86. The van der Waals surface area contributed by atoms with Crippen molar-refractivity contribution in [1.29, 1.82) is 0 Å². The molecule has 7 rings (SSSR count).